The van der Waals surface area contributed by atoms with Crippen LogP contribution in [0.5, 0.6) is 0 Å². The molecule has 0 radical (unpaired) electrons. The fraction of sp³-hybridized carbons (Fsp3) is 0.588. The number of rotatable bonds is 5. The molecule has 1 aromatic rings. The van der Waals surface area contributed by atoms with Crippen LogP contribution in [-0.2, 0) is 14.8 Å². The van der Waals surface area contributed by atoms with Crippen molar-refractivity contribution >= 4 is 15.9 Å². The van der Waals surface area contributed by atoms with Crippen molar-refractivity contribution in [3.63, 3.8) is 0 Å². The van der Waals surface area contributed by atoms with Crippen LogP contribution in [0.25, 0.3) is 0 Å². The normalized spacial score (nSPS) is 16.5. The molecule has 1 aliphatic rings. The third kappa shape index (κ3) is 4.32. The van der Waals surface area contributed by atoms with Crippen molar-refractivity contribution in [3.8, 4) is 0 Å². The van der Waals surface area contributed by atoms with E-state index in [9.17, 15) is 13.2 Å². The first kappa shape index (κ1) is 17.9. The smallest absolute Gasteiger partial charge is 0.243 e. The molecular formula is C17H26N2O3S. The van der Waals surface area contributed by atoms with Crippen molar-refractivity contribution in [2.45, 2.75) is 42.9 Å². The standard InChI is InChI=1S/C17H26N2O3S/c1-18(2)17(20)13-19(3)23(21,22)16-11-9-15(10-12-16)14-7-5-4-6-8-14/h9-12,14H,4-8,13H2,1-3H3. The lowest BCUT2D eigenvalue weighted by atomic mass is 9.84. The Kier molecular flexibility index (Phi) is 5.81. The van der Waals surface area contributed by atoms with Crippen LogP contribution in [0.4, 0.5) is 0 Å². The lowest BCUT2D eigenvalue weighted by Gasteiger charge is -2.23. The van der Waals surface area contributed by atoms with Gasteiger partial charge in [0.2, 0.25) is 15.9 Å². The van der Waals surface area contributed by atoms with Crippen molar-refractivity contribution in [1.29, 1.82) is 0 Å². The number of benzene rings is 1. The number of carbonyl (C=O) groups excluding carboxylic acids is 1. The maximum atomic E-state index is 12.5. The zero-order valence-corrected chi connectivity index (χ0v) is 15.0. The molecule has 0 spiro atoms. The van der Waals surface area contributed by atoms with E-state index in [4.69, 9.17) is 0 Å². The number of hydrogen-bond acceptors (Lipinski definition) is 3. The van der Waals surface area contributed by atoms with Crippen LogP contribution in [-0.4, -0.2) is 51.2 Å². The highest BCUT2D eigenvalue weighted by Gasteiger charge is 2.24. The van der Waals surface area contributed by atoms with E-state index in [0.717, 1.165) is 4.31 Å². The van der Waals surface area contributed by atoms with Gasteiger partial charge in [0.15, 0.2) is 0 Å². The lowest BCUT2D eigenvalue weighted by Crippen LogP contribution is -2.37. The van der Waals surface area contributed by atoms with Gasteiger partial charge < -0.3 is 4.90 Å². The van der Waals surface area contributed by atoms with Crippen molar-refractivity contribution < 1.29 is 13.2 Å². The minimum atomic E-state index is -3.63. The number of hydrogen-bond donors (Lipinski definition) is 0. The molecule has 0 aromatic heterocycles. The first-order chi connectivity index (χ1) is 10.8. The topological polar surface area (TPSA) is 57.7 Å². The molecule has 0 heterocycles. The minimum absolute atomic E-state index is 0.153. The van der Waals surface area contributed by atoms with Gasteiger partial charge in [-0.3, -0.25) is 4.79 Å². The second kappa shape index (κ2) is 7.45. The number of carbonyl (C=O) groups is 1. The largest absolute Gasteiger partial charge is 0.348 e. The van der Waals surface area contributed by atoms with Crippen LogP contribution in [0.15, 0.2) is 29.2 Å². The summed E-state index contributed by atoms with van der Waals surface area (Å²) in [4.78, 5) is 13.3. The Bertz CT molecular complexity index is 632. The summed E-state index contributed by atoms with van der Waals surface area (Å²) in [6, 6.07) is 7.17. The Morgan fingerprint density at radius 2 is 1.61 bits per heavy atom. The zero-order chi connectivity index (χ0) is 17.0. The van der Waals surface area contributed by atoms with Crippen LogP contribution in [0.2, 0.25) is 0 Å². The molecule has 0 aliphatic heterocycles. The molecule has 1 aliphatic carbocycles. The highest BCUT2D eigenvalue weighted by molar-refractivity contribution is 7.89. The Balaban J connectivity index is 2.12. The predicted molar refractivity (Wildman–Crippen MR) is 90.8 cm³/mol. The molecule has 23 heavy (non-hydrogen) atoms. The molecule has 0 atom stereocenters. The fourth-order valence-electron chi connectivity index (χ4n) is 2.94. The summed E-state index contributed by atoms with van der Waals surface area (Å²) in [5.74, 6) is 0.309. The first-order valence-corrected chi connectivity index (χ1v) is 9.53. The Morgan fingerprint density at radius 3 is 2.13 bits per heavy atom. The second-order valence-corrected chi connectivity index (χ2v) is 8.50. The van der Waals surface area contributed by atoms with Gasteiger partial charge in [-0.1, -0.05) is 31.4 Å². The summed E-state index contributed by atoms with van der Waals surface area (Å²) >= 11 is 0. The summed E-state index contributed by atoms with van der Waals surface area (Å²) < 4.78 is 26.2. The van der Waals surface area contributed by atoms with Crippen molar-refractivity contribution in [3.05, 3.63) is 29.8 Å². The highest BCUT2D eigenvalue weighted by Crippen LogP contribution is 2.33. The molecule has 1 aromatic carbocycles. The van der Waals surface area contributed by atoms with Gasteiger partial charge in [0.25, 0.3) is 0 Å². The van der Waals surface area contributed by atoms with Crippen LogP contribution in [0, 0.1) is 0 Å². The maximum absolute atomic E-state index is 12.5. The highest BCUT2D eigenvalue weighted by atomic mass is 32.2. The summed E-state index contributed by atoms with van der Waals surface area (Å²) in [7, 11) is 1.03. The van der Waals surface area contributed by atoms with Crippen molar-refractivity contribution in [2.75, 3.05) is 27.7 Å². The van der Waals surface area contributed by atoms with E-state index >= 15 is 0 Å². The molecule has 1 amide bonds. The van der Waals surface area contributed by atoms with Gasteiger partial charge in [0.1, 0.15) is 0 Å². The van der Waals surface area contributed by atoms with Gasteiger partial charge in [0.05, 0.1) is 11.4 Å². The van der Waals surface area contributed by atoms with Crippen LogP contribution in [0.1, 0.15) is 43.6 Å². The minimum Gasteiger partial charge on any atom is -0.348 e. The van der Waals surface area contributed by atoms with Crippen LogP contribution < -0.4 is 0 Å². The molecule has 128 valence electrons. The molecular weight excluding hydrogens is 312 g/mol. The van der Waals surface area contributed by atoms with Gasteiger partial charge in [-0.25, -0.2) is 8.42 Å². The van der Waals surface area contributed by atoms with E-state index in [1.807, 2.05) is 12.1 Å². The molecule has 2 rings (SSSR count). The number of amides is 1. The van der Waals surface area contributed by atoms with Crippen molar-refractivity contribution in [1.82, 2.24) is 9.21 Å². The van der Waals surface area contributed by atoms with E-state index in [2.05, 4.69) is 0 Å². The van der Waals surface area contributed by atoms with Gasteiger partial charge in [-0.15, -0.1) is 0 Å². The molecule has 6 heteroatoms. The number of nitrogens with zero attached hydrogens (tertiary/aromatic N) is 2. The summed E-state index contributed by atoms with van der Waals surface area (Å²) in [6.45, 7) is -0.153. The monoisotopic (exact) mass is 338 g/mol. The van der Waals surface area contributed by atoms with E-state index in [1.54, 1.807) is 26.2 Å². The molecule has 0 saturated heterocycles. The van der Waals surface area contributed by atoms with Gasteiger partial charge in [0, 0.05) is 21.1 Å². The third-order valence-corrected chi connectivity index (χ3v) is 6.34. The SMILES string of the molecule is CN(C)C(=O)CN(C)S(=O)(=O)c1ccc(C2CCCCC2)cc1. The molecule has 5 nitrogen and oxygen atoms in total. The van der Waals surface area contributed by atoms with E-state index in [0.29, 0.717) is 5.92 Å². The van der Waals surface area contributed by atoms with Crippen molar-refractivity contribution in [2.24, 2.45) is 0 Å². The summed E-state index contributed by atoms with van der Waals surface area (Å²) in [5.41, 5.74) is 1.22. The molecule has 0 bridgehead atoms. The van der Waals surface area contributed by atoms with Crippen LogP contribution in [0.3, 0.4) is 0 Å². The number of sulfonamides is 1. The quantitative estimate of drug-likeness (QED) is 0.828. The molecule has 0 unspecified atom stereocenters. The summed E-state index contributed by atoms with van der Waals surface area (Å²) in [5, 5.41) is 0. The third-order valence-electron chi connectivity index (χ3n) is 4.52. The molecule has 1 fully saturated rings. The van der Waals surface area contributed by atoms with Gasteiger partial charge >= 0.3 is 0 Å². The Morgan fingerprint density at radius 1 is 1.04 bits per heavy atom. The average molecular weight is 338 g/mol. The van der Waals surface area contributed by atoms with E-state index < -0.39 is 10.0 Å². The van der Waals surface area contributed by atoms with Gasteiger partial charge in [-0.05, 0) is 36.5 Å². The van der Waals surface area contributed by atoms with Crippen LogP contribution >= 0.6 is 0 Å². The fourth-order valence-corrected chi connectivity index (χ4v) is 4.07. The second-order valence-electron chi connectivity index (χ2n) is 6.45. The Hall–Kier alpha value is -1.40. The van der Waals surface area contributed by atoms with E-state index in [1.165, 1.54) is 49.6 Å². The first-order valence-electron chi connectivity index (χ1n) is 8.09. The maximum Gasteiger partial charge on any atom is 0.243 e. The van der Waals surface area contributed by atoms with Gasteiger partial charge in [-0.2, -0.15) is 4.31 Å². The van der Waals surface area contributed by atoms with E-state index in [-0.39, 0.29) is 17.3 Å². The predicted octanol–water partition coefficient (Wildman–Crippen LogP) is 2.44. The molecule has 0 N–H and O–H groups in total. The zero-order valence-electron chi connectivity index (χ0n) is 14.2. The molecule has 1 saturated carbocycles. The Labute approximate surface area is 139 Å². The lowest BCUT2D eigenvalue weighted by molar-refractivity contribution is -0.128. The number of likely N-dealkylation sites (N-methyl/N-ethyl adjacent to an activating group) is 2. The average Bonchev–Trinajstić information content (AvgIpc) is 2.55. The summed E-state index contributed by atoms with van der Waals surface area (Å²) in [6.07, 6.45) is 6.17.